The fourth-order valence-electron chi connectivity index (χ4n) is 3.59. The molecule has 5 nitrogen and oxygen atoms in total. The number of halogens is 1. The Morgan fingerprint density at radius 2 is 2.00 bits per heavy atom. The summed E-state index contributed by atoms with van der Waals surface area (Å²) in [6, 6.07) is 8.07. The highest BCUT2D eigenvalue weighted by Crippen LogP contribution is 2.50. The average molecular weight is 409 g/mol. The van der Waals surface area contributed by atoms with Crippen LogP contribution < -0.4 is 4.90 Å². The fraction of sp³-hybridized carbons (Fsp3) is 0.375. The second kappa shape index (κ2) is 4.97. The van der Waals surface area contributed by atoms with Crippen LogP contribution in [0.25, 0.3) is 0 Å². The summed E-state index contributed by atoms with van der Waals surface area (Å²) in [7, 11) is 1.84. The maximum atomic E-state index is 12.8. The molecule has 2 aromatic rings. The van der Waals surface area contributed by atoms with E-state index in [9.17, 15) is 4.79 Å². The van der Waals surface area contributed by atoms with Crippen LogP contribution in [0.2, 0.25) is 0 Å². The largest absolute Gasteiger partial charge is 0.437 e. The summed E-state index contributed by atoms with van der Waals surface area (Å²) in [5.41, 5.74) is 1.60. The molecule has 1 aliphatic heterocycles. The topological polar surface area (TPSA) is 47.4 Å². The van der Waals surface area contributed by atoms with Crippen LogP contribution in [0.15, 0.2) is 30.5 Å². The number of rotatable bonds is 1. The normalized spacial score (nSPS) is 19.4. The Morgan fingerprint density at radius 3 is 2.68 bits per heavy atom. The van der Waals surface area contributed by atoms with Gasteiger partial charge in [0.2, 0.25) is 0 Å². The molecule has 1 saturated carbocycles. The first-order valence-corrected chi connectivity index (χ1v) is 8.50. The van der Waals surface area contributed by atoms with Crippen molar-refractivity contribution >= 4 is 40.2 Å². The van der Waals surface area contributed by atoms with Gasteiger partial charge >= 0.3 is 6.09 Å². The molecule has 22 heavy (non-hydrogen) atoms. The van der Waals surface area contributed by atoms with Gasteiger partial charge in [0, 0.05) is 12.6 Å². The van der Waals surface area contributed by atoms with E-state index >= 15 is 0 Å². The highest BCUT2D eigenvalue weighted by molar-refractivity contribution is 14.1. The Kier molecular flexibility index (Phi) is 3.18. The van der Waals surface area contributed by atoms with Gasteiger partial charge in [0.15, 0.2) is 5.82 Å². The van der Waals surface area contributed by atoms with E-state index in [4.69, 9.17) is 4.74 Å². The van der Waals surface area contributed by atoms with Gasteiger partial charge in [0.25, 0.3) is 0 Å². The molecule has 0 saturated heterocycles. The third kappa shape index (κ3) is 1.89. The van der Waals surface area contributed by atoms with Crippen LogP contribution >= 0.6 is 22.6 Å². The maximum Gasteiger partial charge on any atom is 0.421 e. The molecule has 1 spiro atoms. The molecule has 0 N–H and O–H groups in total. The molecule has 0 bridgehead atoms. The van der Waals surface area contributed by atoms with Crippen molar-refractivity contribution in [3.8, 4) is 0 Å². The van der Waals surface area contributed by atoms with E-state index in [0.717, 1.165) is 46.3 Å². The summed E-state index contributed by atoms with van der Waals surface area (Å²) in [5, 5.41) is 4.25. The van der Waals surface area contributed by atoms with Crippen molar-refractivity contribution in [2.45, 2.75) is 31.3 Å². The van der Waals surface area contributed by atoms with Crippen molar-refractivity contribution in [1.29, 1.82) is 0 Å². The summed E-state index contributed by atoms with van der Waals surface area (Å²) in [5.74, 6) is 0.755. The molecule has 0 atom stereocenters. The monoisotopic (exact) mass is 409 g/mol. The van der Waals surface area contributed by atoms with Gasteiger partial charge in [0.1, 0.15) is 5.60 Å². The first-order valence-electron chi connectivity index (χ1n) is 7.42. The molecule has 0 radical (unpaired) electrons. The van der Waals surface area contributed by atoms with E-state index in [2.05, 4.69) is 33.8 Å². The highest BCUT2D eigenvalue weighted by atomic mass is 127. The molecule has 1 aromatic carbocycles. The van der Waals surface area contributed by atoms with Gasteiger partial charge in [-0.25, -0.2) is 9.69 Å². The molecule has 2 aliphatic rings. The lowest BCUT2D eigenvalue weighted by Gasteiger charge is -2.40. The third-order valence-corrected chi connectivity index (χ3v) is 5.35. The molecule has 1 amide bonds. The first-order chi connectivity index (χ1) is 10.6. The Labute approximate surface area is 142 Å². The summed E-state index contributed by atoms with van der Waals surface area (Å²) in [6.45, 7) is 0. The van der Waals surface area contributed by atoms with Crippen molar-refractivity contribution in [2.24, 2.45) is 7.05 Å². The Balaban J connectivity index is 1.92. The Morgan fingerprint density at radius 1 is 1.27 bits per heavy atom. The quantitative estimate of drug-likeness (QED) is 0.667. The zero-order chi connectivity index (χ0) is 15.3. The minimum absolute atomic E-state index is 0.304. The van der Waals surface area contributed by atoms with Crippen LogP contribution in [0, 0.1) is 3.57 Å². The number of benzene rings is 1. The fourth-order valence-corrected chi connectivity index (χ4v) is 4.31. The van der Waals surface area contributed by atoms with Crippen LogP contribution in [0.5, 0.6) is 0 Å². The van der Waals surface area contributed by atoms with E-state index in [1.807, 2.05) is 25.2 Å². The summed E-state index contributed by atoms with van der Waals surface area (Å²) >= 11 is 2.20. The van der Waals surface area contributed by atoms with Crippen LogP contribution in [-0.2, 0) is 17.4 Å². The Bertz CT molecular complexity index is 730. The average Bonchev–Trinajstić information content (AvgIpc) is 3.10. The van der Waals surface area contributed by atoms with Crippen LogP contribution in [0.1, 0.15) is 31.2 Å². The predicted octanol–water partition coefficient (Wildman–Crippen LogP) is 4.08. The van der Waals surface area contributed by atoms with Crippen LogP contribution in [0.4, 0.5) is 16.3 Å². The van der Waals surface area contributed by atoms with Crippen molar-refractivity contribution in [2.75, 3.05) is 4.90 Å². The number of hydrogen-bond acceptors (Lipinski definition) is 3. The second-order valence-electron chi connectivity index (χ2n) is 5.86. The zero-order valence-electron chi connectivity index (χ0n) is 12.3. The number of ether oxygens (including phenoxy) is 1. The molecule has 2 heterocycles. The summed E-state index contributed by atoms with van der Waals surface area (Å²) < 4.78 is 8.59. The standard InChI is InChI=1S/C16H16IN3O2/c1-19-14(12(17)10-18-19)20-13-7-3-2-6-11(13)16(22-15(20)21)8-4-5-9-16/h2-3,6-7,10H,4-5,8-9H2,1H3. The number of carbonyl (C=O) groups is 1. The lowest BCUT2D eigenvalue weighted by Crippen LogP contribution is -2.43. The number of hydrogen-bond donors (Lipinski definition) is 0. The molecule has 114 valence electrons. The molecule has 1 aliphatic carbocycles. The van der Waals surface area contributed by atoms with Crippen molar-refractivity contribution in [1.82, 2.24) is 9.78 Å². The number of carbonyl (C=O) groups excluding carboxylic acids is 1. The first kappa shape index (κ1) is 14.0. The van der Waals surface area contributed by atoms with E-state index in [1.54, 1.807) is 15.8 Å². The highest BCUT2D eigenvalue weighted by Gasteiger charge is 2.47. The van der Waals surface area contributed by atoms with Gasteiger partial charge in [-0.3, -0.25) is 4.68 Å². The number of aryl methyl sites for hydroxylation is 1. The van der Waals surface area contributed by atoms with Crippen molar-refractivity contribution < 1.29 is 9.53 Å². The molecule has 1 fully saturated rings. The second-order valence-corrected chi connectivity index (χ2v) is 7.02. The lowest BCUT2D eigenvalue weighted by molar-refractivity contribution is 0.0126. The van der Waals surface area contributed by atoms with E-state index in [0.29, 0.717) is 0 Å². The summed E-state index contributed by atoms with van der Waals surface area (Å²) in [4.78, 5) is 14.4. The zero-order valence-corrected chi connectivity index (χ0v) is 14.4. The van der Waals surface area contributed by atoms with Crippen molar-refractivity contribution in [3.05, 3.63) is 39.6 Å². The number of amides is 1. The van der Waals surface area contributed by atoms with Gasteiger partial charge in [0.05, 0.1) is 15.5 Å². The molecule has 0 unspecified atom stereocenters. The maximum absolute atomic E-state index is 12.8. The lowest BCUT2D eigenvalue weighted by atomic mass is 9.89. The molecule has 1 aromatic heterocycles. The van der Waals surface area contributed by atoms with Gasteiger partial charge in [-0.15, -0.1) is 0 Å². The van der Waals surface area contributed by atoms with E-state index in [-0.39, 0.29) is 6.09 Å². The predicted molar refractivity (Wildman–Crippen MR) is 91.1 cm³/mol. The third-order valence-electron chi connectivity index (χ3n) is 4.59. The van der Waals surface area contributed by atoms with E-state index in [1.165, 1.54) is 0 Å². The van der Waals surface area contributed by atoms with E-state index < -0.39 is 5.60 Å². The molecular weight excluding hydrogens is 393 g/mol. The van der Waals surface area contributed by atoms with Gasteiger partial charge in [-0.05, 0) is 54.3 Å². The minimum atomic E-state index is -0.436. The Hall–Kier alpha value is -1.57. The smallest absolute Gasteiger partial charge is 0.421 e. The number of nitrogens with zero attached hydrogens (tertiary/aromatic N) is 3. The van der Waals surface area contributed by atoms with Gasteiger partial charge in [-0.1, -0.05) is 18.2 Å². The number of aromatic nitrogens is 2. The SMILES string of the molecule is Cn1ncc(I)c1N1C(=O)OC2(CCCC2)c2ccccc21. The van der Waals surface area contributed by atoms with Crippen LogP contribution in [0.3, 0.4) is 0 Å². The van der Waals surface area contributed by atoms with Crippen molar-refractivity contribution in [3.63, 3.8) is 0 Å². The molecular formula is C16H16IN3O2. The number of anilines is 2. The molecule has 4 rings (SSSR count). The van der Waals surface area contributed by atoms with Gasteiger partial charge < -0.3 is 4.74 Å². The summed E-state index contributed by atoms with van der Waals surface area (Å²) in [6.07, 6.45) is 5.47. The minimum Gasteiger partial charge on any atom is -0.437 e. The number of fused-ring (bicyclic) bond motifs is 2. The molecule has 6 heteroatoms. The van der Waals surface area contributed by atoms with Crippen LogP contribution in [-0.4, -0.2) is 15.9 Å². The number of para-hydroxylation sites is 1. The van der Waals surface area contributed by atoms with Gasteiger partial charge in [-0.2, -0.15) is 5.10 Å².